The number of methoxy groups -OCH3 is 1. The van der Waals surface area contributed by atoms with Crippen molar-refractivity contribution in [1.82, 2.24) is 0 Å². The number of carbonyl (C=O) groups excluding carboxylic acids is 3. The minimum absolute atomic E-state index is 0.0123. The van der Waals surface area contributed by atoms with Gasteiger partial charge in [0.1, 0.15) is 18.3 Å². The van der Waals surface area contributed by atoms with E-state index in [0.29, 0.717) is 30.1 Å². The van der Waals surface area contributed by atoms with Crippen molar-refractivity contribution in [2.75, 3.05) is 40.6 Å². The van der Waals surface area contributed by atoms with Gasteiger partial charge in [-0.15, -0.1) is 0 Å². The van der Waals surface area contributed by atoms with Crippen LogP contribution in [-0.4, -0.2) is 44.0 Å². The Kier molecular flexibility index (Phi) is 6.11. The zero-order valence-corrected chi connectivity index (χ0v) is 18.5. The van der Waals surface area contributed by atoms with E-state index in [0.717, 1.165) is 23.5 Å². The van der Waals surface area contributed by atoms with Crippen LogP contribution in [0.1, 0.15) is 25.3 Å². The standard InChI is InChI=1S/C23H23F3N4O4/c1-13(27-15-6-8-18(19(11-15)34-2)29-9-3-4-21(29)32)22(33)30-12-20(31)28-16-10-14(23(24,25)26)5-7-17(16)30/h5-8,10-11,13,27H,3-4,9,12H2,1-2H3,(H,28,31)/t13-/m1/s1. The molecule has 0 spiro atoms. The molecule has 2 aliphatic rings. The molecule has 0 saturated carbocycles. The van der Waals surface area contributed by atoms with Crippen LogP contribution >= 0.6 is 0 Å². The summed E-state index contributed by atoms with van der Waals surface area (Å²) in [6, 6.07) is 7.14. The third-order valence-electron chi connectivity index (χ3n) is 5.75. The Hall–Kier alpha value is -3.76. The number of carbonyl (C=O) groups is 3. The minimum Gasteiger partial charge on any atom is -0.494 e. The van der Waals surface area contributed by atoms with Crippen molar-refractivity contribution in [2.45, 2.75) is 32.0 Å². The lowest BCUT2D eigenvalue weighted by Gasteiger charge is -2.32. The maximum absolute atomic E-state index is 13.1. The van der Waals surface area contributed by atoms with E-state index in [4.69, 9.17) is 4.74 Å². The Labute approximate surface area is 193 Å². The van der Waals surface area contributed by atoms with E-state index in [1.165, 1.54) is 13.2 Å². The minimum atomic E-state index is -4.58. The molecule has 1 saturated heterocycles. The van der Waals surface area contributed by atoms with E-state index in [9.17, 15) is 27.6 Å². The summed E-state index contributed by atoms with van der Waals surface area (Å²) >= 11 is 0. The number of benzene rings is 2. The highest BCUT2D eigenvalue weighted by atomic mass is 19.4. The fourth-order valence-corrected chi connectivity index (χ4v) is 4.10. The molecule has 11 heteroatoms. The van der Waals surface area contributed by atoms with Crippen LogP contribution in [0.25, 0.3) is 0 Å². The molecule has 8 nitrogen and oxygen atoms in total. The smallest absolute Gasteiger partial charge is 0.416 e. The van der Waals surface area contributed by atoms with Gasteiger partial charge in [-0.05, 0) is 43.7 Å². The van der Waals surface area contributed by atoms with E-state index in [1.807, 2.05) is 0 Å². The first-order valence-corrected chi connectivity index (χ1v) is 10.7. The maximum atomic E-state index is 13.1. The van der Waals surface area contributed by atoms with Crippen LogP contribution in [0, 0.1) is 0 Å². The van der Waals surface area contributed by atoms with Crippen LogP contribution in [0.2, 0.25) is 0 Å². The molecule has 180 valence electrons. The first kappa shape index (κ1) is 23.4. The monoisotopic (exact) mass is 476 g/mol. The molecule has 2 N–H and O–H groups in total. The van der Waals surface area contributed by atoms with Crippen molar-refractivity contribution in [3.63, 3.8) is 0 Å². The van der Waals surface area contributed by atoms with Gasteiger partial charge < -0.3 is 20.3 Å². The van der Waals surface area contributed by atoms with E-state index < -0.39 is 29.6 Å². The van der Waals surface area contributed by atoms with Gasteiger partial charge in [-0.2, -0.15) is 13.2 Å². The molecule has 2 aromatic carbocycles. The second-order valence-electron chi connectivity index (χ2n) is 8.10. The molecule has 0 unspecified atom stereocenters. The lowest BCUT2D eigenvalue weighted by Crippen LogP contribution is -2.48. The van der Waals surface area contributed by atoms with E-state index in [2.05, 4.69) is 10.6 Å². The number of rotatable bonds is 5. The highest BCUT2D eigenvalue weighted by molar-refractivity contribution is 6.11. The van der Waals surface area contributed by atoms with E-state index in [1.54, 1.807) is 30.0 Å². The molecule has 0 aliphatic carbocycles. The van der Waals surface area contributed by atoms with Crippen molar-refractivity contribution in [3.05, 3.63) is 42.0 Å². The van der Waals surface area contributed by atoms with Gasteiger partial charge in [0.2, 0.25) is 17.7 Å². The molecule has 34 heavy (non-hydrogen) atoms. The van der Waals surface area contributed by atoms with Crippen LogP contribution in [0.4, 0.5) is 35.9 Å². The summed E-state index contributed by atoms with van der Waals surface area (Å²) in [5, 5.41) is 5.43. The lowest BCUT2D eigenvalue weighted by atomic mass is 10.1. The second kappa shape index (κ2) is 8.88. The normalized spacial score (nSPS) is 16.7. The van der Waals surface area contributed by atoms with Gasteiger partial charge in [-0.3, -0.25) is 19.3 Å². The fraction of sp³-hybridized carbons (Fsp3) is 0.348. The van der Waals surface area contributed by atoms with Crippen molar-refractivity contribution < 1.29 is 32.3 Å². The predicted molar refractivity (Wildman–Crippen MR) is 120 cm³/mol. The van der Waals surface area contributed by atoms with Crippen molar-refractivity contribution in [3.8, 4) is 5.75 Å². The quantitative estimate of drug-likeness (QED) is 0.688. The van der Waals surface area contributed by atoms with Crippen molar-refractivity contribution in [2.24, 2.45) is 0 Å². The zero-order chi connectivity index (χ0) is 24.6. The van der Waals surface area contributed by atoms with Crippen LogP contribution in [-0.2, 0) is 20.6 Å². The van der Waals surface area contributed by atoms with Crippen LogP contribution in [0.3, 0.4) is 0 Å². The van der Waals surface area contributed by atoms with Crippen LogP contribution < -0.4 is 25.2 Å². The van der Waals surface area contributed by atoms with Crippen molar-refractivity contribution in [1.29, 1.82) is 0 Å². The second-order valence-corrected chi connectivity index (χ2v) is 8.10. The highest BCUT2D eigenvalue weighted by Crippen LogP contribution is 2.38. The molecule has 1 atom stereocenters. The number of amides is 3. The summed E-state index contributed by atoms with van der Waals surface area (Å²) in [5.74, 6) is -0.608. The lowest BCUT2D eigenvalue weighted by molar-refractivity contribution is -0.137. The topological polar surface area (TPSA) is 91.0 Å². The first-order valence-electron chi connectivity index (χ1n) is 10.7. The maximum Gasteiger partial charge on any atom is 0.416 e. The average Bonchev–Trinajstić information content (AvgIpc) is 3.22. The number of halogens is 3. The van der Waals surface area contributed by atoms with Crippen LogP contribution in [0.5, 0.6) is 5.75 Å². The third kappa shape index (κ3) is 4.50. The van der Waals surface area contributed by atoms with Gasteiger partial charge in [0.25, 0.3) is 0 Å². The number of anilines is 4. The number of ether oxygens (including phenoxy) is 1. The van der Waals surface area contributed by atoms with Gasteiger partial charge in [0.05, 0.1) is 29.7 Å². The van der Waals surface area contributed by atoms with Crippen LogP contribution in [0.15, 0.2) is 36.4 Å². The Balaban J connectivity index is 1.54. The van der Waals surface area contributed by atoms with Gasteiger partial charge in [0.15, 0.2) is 0 Å². The molecule has 0 radical (unpaired) electrons. The number of nitrogens with one attached hydrogen (secondary N) is 2. The molecule has 3 amide bonds. The highest BCUT2D eigenvalue weighted by Gasteiger charge is 2.35. The molecule has 2 aromatic rings. The van der Waals surface area contributed by atoms with E-state index in [-0.39, 0.29) is 23.8 Å². The number of hydrogen-bond donors (Lipinski definition) is 2. The third-order valence-corrected chi connectivity index (χ3v) is 5.75. The molecule has 0 aromatic heterocycles. The average molecular weight is 476 g/mol. The zero-order valence-electron chi connectivity index (χ0n) is 18.5. The predicted octanol–water partition coefficient (Wildman–Crippen LogP) is 3.63. The van der Waals surface area contributed by atoms with Crippen molar-refractivity contribution >= 4 is 40.5 Å². The number of nitrogens with zero attached hydrogens (tertiary/aromatic N) is 2. The summed E-state index contributed by atoms with van der Waals surface area (Å²) < 4.78 is 44.6. The Morgan fingerprint density at radius 3 is 2.53 bits per heavy atom. The fourth-order valence-electron chi connectivity index (χ4n) is 4.10. The SMILES string of the molecule is COc1cc(N[C@H](C)C(=O)N2CC(=O)Nc3cc(C(F)(F)F)ccc32)ccc1N1CCCC1=O. The molecular weight excluding hydrogens is 453 g/mol. The Morgan fingerprint density at radius 1 is 1.15 bits per heavy atom. The Morgan fingerprint density at radius 2 is 1.88 bits per heavy atom. The molecule has 0 bridgehead atoms. The number of hydrogen-bond acceptors (Lipinski definition) is 5. The largest absolute Gasteiger partial charge is 0.494 e. The molecule has 2 heterocycles. The first-order chi connectivity index (χ1) is 16.1. The van der Waals surface area contributed by atoms with Gasteiger partial charge in [-0.25, -0.2) is 0 Å². The molecule has 2 aliphatic heterocycles. The number of alkyl halides is 3. The Bertz CT molecular complexity index is 1150. The van der Waals surface area contributed by atoms with E-state index >= 15 is 0 Å². The molecular formula is C23H23F3N4O4. The van der Waals surface area contributed by atoms with Gasteiger partial charge in [0, 0.05) is 24.7 Å². The summed E-state index contributed by atoms with van der Waals surface area (Å²) in [5.41, 5.74) is 0.370. The summed E-state index contributed by atoms with van der Waals surface area (Å²) in [6.45, 7) is 1.87. The summed E-state index contributed by atoms with van der Waals surface area (Å²) in [4.78, 5) is 40.1. The molecule has 4 rings (SSSR count). The summed E-state index contributed by atoms with van der Waals surface area (Å²) in [7, 11) is 1.48. The van der Waals surface area contributed by atoms with Gasteiger partial charge >= 0.3 is 6.18 Å². The van der Waals surface area contributed by atoms with Gasteiger partial charge in [-0.1, -0.05) is 0 Å². The number of fused-ring (bicyclic) bond motifs is 1. The molecule has 1 fully saturated rings. The summed E-state index contributed by atoms with van der Waals surface area (Å²) in [6.07, 6.45) is -3.33.